The lowest BCUT2D eigenvalue weighted by atomic mass is 10.2. The number of thiocarbonyl (C=S) groups is 1. The summed E-state index contributed by atoms with van der Waals surface area (Å²) in [6, 6.07) is 0. The van der Waals surface area contributed by atoms with Crippen LogP contribution in [0.2, 0.25) is 0 Å². The number of hydrogen-bond acceptors (Lipinski definition) is 3. The monoisotopic (exact) mass is 148 g/mol. The first-order valence-electron chi connectivity index (χ1n) is 2.65. The predicted molar refractivity (Wildman–Crippen MR) is 40.8 cm³/mol. The molecule has 4 heteroatoms. The highest BCUT2D eigenvalue weighted by molar-refractivity contribution is 7.80. The molecular weight excluding hydrogens is 136 g/mol. The van der Waals surface area contributed by atoms with Crippen LogP contribution < -0.4 is 11.3 Å². The molecule has 3 nitrogen and oxygen atoms in total. The third-order valence-electron chi connectivity index (χ3n) is 0.517. The largest absolute Gasteiger partial charge is 0.464 e. The maximum absolute atomic E-state index is 5.08. The fourth-order valence-corrected chi connectivity index (χ4v) is 0.558. The molecule has 54 valence electrons. The molecule has 0 aliphatic rings. The van der Waals surface area contributed by atoms with Crippen LogP contribution in [0.1, 0.15) is 20.8 Å². The molecule has 0 fully saturated rings. The molecule has 0 amide bonds. The van der Waals surface area contributed by atoms with E-state index in [1.165, 1.54) is 0 Å². The van der Waals surface area contributed by atoms with Gasteiger partial charge in [-0.2, -0.15) is 0 Å². The van der Waals surface area contributed by atoms with Crippen LogP contribution in [0.15, 0.2) is 0 Å². The molecule has 0 aromatic rings. The highest BCUT2D eigenvalue weighted by atomic mass is 32.1. The summed E-state index contributed by atoms with van der Waals surface area (Å²) in [5, 5.41) is 0.225. The van der Waals surface area contributed by atoms with Crippen molar-refractivity contribution in [2.75, 3.05) is 0 Å². The third kappa shape index (κ3) is 5.52. The Bertz CT molecular complexity index is 108. The Balaban J connectivity index is 3.60. The van der Waals surface area contributed by atoms with E-state index < -0.39 is 0 Å². The molecule has 0 rings (SSSR count). The number of nitrogens with one attached hydrogen (secondary N) is 1. The Morgan fingerprint density at radius 2 is 2.00 bits per heavy atom. The molecule has 0 bridgehead atoms. The number of rotatable bonds is 0. The van der Waals surface area contributed by atoms with E-state index in [2.05, 4.69) is 17.6 Å². The summed E-state index contributed by atoms with van der Waals surface area (Å²) in [6.07, 6.45) is 0. The van der Waals surface area contributed by atoms with E-state index in [1.807, 2.05) is 20.8 Å². The predicted octanol–water partition coefficient (Wildman–Crippen LogP) is 0.550. The molecule has 0 aromatic heterocycles. The lowest BCUT2D eigenvalue weighted by Gasteiger charge is -2.20. The van der Waals surface area contributed by atoms with E-state index in [1.54, 1.807) is 0 Å². The second-order valence-electron chi connectivity index (χ2n) is 2.65. The summed E-state index contributed by atoms with van der Waals surface area (Å²) in [5.41, 5.74) is 1.97. The van der Waals surface area contributed by atoms with Crippen molar-refractivity contribution in [3.63, 3.8) is 0 Å². The first-order chi connectivity index (χ1) is 3.95. The number of hydrogen-bond donors (Lipinski definition) is 2. The zero-order valence-corrected chi connectivity index (χ0v) is 6.71. The second-order valence-corrected chi connectivity index (χ2v) is 3.02. The lowest BCUT2D eigenvalue weighted by Crippen LogP contribution is -2.36. The quantitative estimate of drug-likeness (QED) is 0.299. The fourth-order valence-electron chi connectivity index (χ4n) is 0.308. The summed E-state index contributed by atoms with van der Waals surface area (Å²) >= 11 is 4.65. The molecule has 0 unspecified atom stereocenters. The van der Waals surface area contributed by atoms with Crippen LogP contribution >= 0.6 is 12.2 Å². The van der Waals surface area contributed by atoms with E-state index in [4.69, 9.17) is 10.6 Å². The highest BCUT2D eigenvalue weighted by Gasteiger charge is 2.11. The molecule has 0 heterocycles. The fraction of sp³-hybridized carbons (Fsp3) is 0.800. The molecule has 0 spiro atoms. The van der Waals surface area contributed by atoms with Crippen molar-refractivity contribution in [3.05, 3.63) is 0 Å². The Labute approximate surface area is 60.5 Å². The van der Waals surface area contributed by atoms with E-state index in [0.29, 0.717) is 0 Å². The van der Waals surface area contributed by atoms with Crippen LogP contribution in [-0.4, -0.2) is 10.8 Å². The van der Waals surface area contributed by atoms with Crippen LogP contribution in [0.3, 0.4) is 0 Å². The lowest BCUT2D eigenvalue weighted by molar-refractivity contribution is 0.114. The van der Waals surface area contributed by atoms with Gasteiger partial charge in [0.05, 0.1) is 0 Å². The summed E-state index contributed by atoms with van der Waals surface area (Å²) in [6.45, 7) is 5.70. The Morgan fingerprint density at radius 3 is 2.11 bits per heavy atom. The SMILES string of the molecule is CC(C)(C)OC(=S)NN. The maximum Gasteiger partial charge on any atom is 0.271 e. The number of nitrogens with two attached hydrogens (primary N) is 1. The minimum absolute atomic E-state index is 0.225. The van der Waals surface area contributed by atoms with E-state index in [9.17, 15) is 0 Å². The Hall–Kier alpha value is -0.350. The van der Waals surface area contributed by atoms with Crippen molar-refractivity contribution in [2.45, 2.75) is 26.4 Å². The van der Waals surface area contributed by atoms with Gasteiger partial charge in [0.15, 0.2) is 0 Å². The van der Waals surface area contributed by atoms with Crippen LogP contribution in [0.25, 0.3) is 0 Å². The molecule has 0 aromatic carbocycles. The highest BCUT2D eigenvalue weighted by Crippen LogP contribution is 2.05. The summed E-state index contributed by atoms with van der Waals surface area (Å²) in [4.78, 5) is 0. The van der Waals surface area contributed by atoms with Crippen molar-refractivity contribution in [3.8, 4) is 0 Å². The van der Waals surface area contributed by atoms with Gasteiger partial charge >= 0.3 is 0 Å². The summed E-state index contributed by atoms with van der Waals surface area (Å²) in [5.74, 6) is 4.96. The van der Waals surface area contributed by atoms with Gasteiger partial charge in [-0.25, -0.2) is 5.84 Å². The minimum atomic E-state index is -0.260. The maximum atomic E-state index is 5.08. The van der Waals surface area contributed by atoms with Gasteiger partial charge in [-0.15, -0.1) is 0 Å². The van der Waals surface area contributed by atoms with E-state index in [-0.39, 0.29) is 10.8 Å². The van der Waals surface area contributed by atoms with Gasteiger partial charge in [-0.3, -0.25) is 5.43 Å². The van der Waals surface area contributed by atoms with Crippen LogP contribution in [-0.2, 0) is 4.74 Å². The van der Waals surface area contributed by atoms with Gasteiger partial charge in [0.2, 0.25) is 0 Å². The standard InChI is InChI=1S/C5H12N2OS/c1-5(2,3)8-4(9)7-6/h6H2,1-3H3,(H,7,9). The molecule has 0 atom stereocenters. The van der Waals surface area contributed by atoms with Crippen LogP contribution in [0.4, 0.5) is 0 Å². The van der Waals surface area contributed by atoms with Crippen molar-refractivity contribution in [2.24, 2.45) is 5.84 Å². The van der Waals surface area contributed by atoms with Gasteiger partial charge in [0.1, 0.15) is 5.60 Å². The van der Waals surface area contributed by atoms with Gasteiger partial charge in [0.25, 0.3) is 5.17 Å². The first kappa shape index (κ1) is 8.65. The average Bonchev–Trinajstić information content (AvgIpc) is 1.62. The van der Waals surface area contributed by atoms with Gasteiger partial charge in [-0.1, -0.05) is 0 Å². The van der Waals surface area contributed by atoms with Crippen molar-refractivity contribution >= 4 is 17.4 Å². The first-order valence-corrected chi connectivity index (χ1v) is 3.06. The van der Waals surface area contributed by atoms with E-state index >= 15 is 0 Å². The molecule has 9 heavy (non-hydrogen) atoms. The normalized spacial score (nSPS) is 10.7. The molecule has 0 saturated heterocycles. The third-order valence-corrected chi connectivity index (χ3v) is 0.718. The Kier molecular flexibility index (Phi) is 2.87. The van der Waals surface area contributed by atoms with Crippen molar-refractivity contribution < 1.29 is 4.74 Å². The zero-order valence-electron chi connectivity index (χ0n) is 5.89. The molecule has 0 aliphatic carbocycles. The molecule has 0 aliphatic heterocycles. The van der Waals surface area contributed by atoms with E-state index in [0.717, 1.165) is 0 Å². The van der Waals surface area contributed by atoms with Crippen LogP contribution in [0.5, 0.6) is 0 Å². The van der Waals surface area contributed by atoms with Crippen molar-refractivity contribution in [1.82, 2.24) is 5.43 Å². The topological polar surface area (TPSA) is 47.3 Å². The summed E-state index contributed by atoms with van der Waals surface area (Å²) in [7, 11) is 0. The zero-order chi connectivity index (χ0) is 7.49. The molecule has 0 saturated carbocycles. The average molecular weight is 148 g/mol. The van der Waals surface area contributed by atoms with Crippen LogP contribution in [0, 0.1) is 0 Å². The van der Waals surface area contributed by atoms with Gasteiger partial charge < -0.3 is 4.74 Å². The Morgan fingerprint density at radius 1 is 1.56 bits per heavy atom. The summed E-state index contributed by atoms with van der Waals surface area (Å²) < 4.78 is 5.08. The molecule has 0 radical (unpaired) electrons. The number of hydrazine groups is 1. The smallest absolute Gasteiger partial charge is 0.271 e. The van der Waals surface area contributed by atoms with Gasteiger partial charge in [0, 0.05) is 0 Å². The van der Waals surface area contributed by atoms with Gasteiger partial charge in [-0.05, 0) is 33.0 Å². The molecular formula is C5H12N2OS. The minimum Gasteiger partial charge on any atom is -0.464 e. The molecule has 3 N–H and O–H groups in total. The van der Waals surface area contributed by atoms with Crippen molar-refractivity contribution in [1.29, 1.82) is 0 Å². The number of ether oxygens (including phenoxy) is 1. The second kappa shape index (κ2) is 2.98.